The van der Waals surface area contributed by atoms with Gasteiger partial charge in [0.05, 0.1) is 6.54 Å². The molecule has 27 heavy (non-hydrogen) atoms. The van der Waals surface area contributed by atoms with E-state index in [1.807, 2.05) is 0 Å². The second-order valence-electron chi connectivity index (χ2n) is 6.48. The van der Waals surface area contributed by atoms with Crippen LogP contribution in [0, 0.1) is 11.7 Å². The fraction of sp³-hybridized carbons (Fsp3) is 0.211. The fourth-order valence-corrected chi connectivity index (χ4v) is 2.58. The maximum absolute atomic E-state index is 13.0. The molecule has 8 heteroatoms. The van der Waals surface area contributed by atoms with Crippen LogP contribution < -0.4 is 16.3 Å². The number of fused-ring (bicyclic) bond motifs is 1. The lowest BCUT2D eigenvalue weighted by Crippen LogP contribution is -2.27. The van der Waals surface area contributed by atoms with Gasteiger partial charge in [0.1, 0.15) is 11.5 Å². The standard InChI is InChI=1S/C19H18FN3O4/c1-11(2)18(26)21-14-10-22-7-8-23(9-12-3-5-13(20)6-4-12)19(27)15(22)17(25)16(14)24/h3-8,10-11,25H,9H2,1-2H3,(H,21,26). The van der Waals surface area contributed by atoms with Gasteiger partial charge < -0.3 is 19.4 Å². The van der Waals surface area contributed by atoms with Crippen molar-refractivity contribution in [2.45, 2.75) is 20.4 Å². The van der Waals surface area contributed by atoms with Crippen molar-refractivity contribution >= 4 is 17.1 Å². The molecule has 0 atom stereocenters. The van der Waals surface area contributed by atoms with Gasteiger partial charge in [0, 0.05) is 24.5 Å². The molecular weight excluding hydrogens is 353 g/mol. The number of amides is 1. The van der Waals surface area contributed by atoms with Gasteiger partial charge in [-0.25, -0.2) is 4.39 Å². The van der Waals surface area contributed by atoms with Gasteiger partial charge in [0.2, 0.25) is 11.3 Å². The first-order valence-corrected chi connectivity index (χ1v) is 8.30. The molecular formula is C19H18FN3O4. The molecule has 2 N–H and O–H groups in total. The number of hydrogen-bond acceptors (Lipinski definition) is 4. The molecule has 2 aromatic heterocycles. The van der Waals surface area contributed by atoms with Crippen LogP contribution >= 0.6 is 0 Å². The number of hydrogen-bond donors (Lipinski definition) is 2. The molecule has 1 amide bonds. The van der Waals surface area contributed by atoms with E-state index in [4.69, 9.17) is 0 Å². The summed E-state index contributed by atoms with van der Waals surface area (Å²) in [6.07, 6.45) is 4.27. The van der Waals surface area contributed by atoms with E-state index in [2.05, 4.69) is 5.32 Å². The van der Waals surface area contributed by atoms with Gasteiger partial charge in [0.15, 0.2) is 11.3 Å². The number of nitrogens with zero attached hydrogens (tertiary/aromatic N) is 2. The Morgan fingerprint density at radius 3 is 2.48 bits per heavy atom. The molecule has 2 heterocycles. The third-order valence-electron chi connectivity index (χ3n) is 4.13. The molecule has 7 nitrogen and oxygen atoms in total. The number of carbonyl (C=O) groups excluding carboxylic acids is 1. The van der Waals surface area contributed by atoms with Crippen LogP contribution in [0.15, 0.2) is 52.4 Å². The number of aromatic nitrogens is 2. The van der Waals surface area contributed by atoms with E-state index in [0.29, 0.717) is 5.56 Å². The van der Waals surface area contributed by atoms with E-state index in [1.165, 1.54) is 39.7 Å². The smallest absolute Gasteiger partial charge is 0.279 e. The van der Waals surface area contributed by atoms with E-state index < -0.39 is 16.7 Å². The van der Waals surface area contributed by atoms with Gasteiger partial charge in [0.25, 0.3) is 5.56 Å². The largest absolute Gasteiger partial charge is 0.502 e. The minimum Gasteiger partial charge on any atom is -0.502 e. The summed E-state index contributed by atoms with van der Waals surface area (Å²) in [6.45, 7) is 3.49. The predicted molar refractivity (Wildman–Crippen MR) is 98.6 cm³/mol. The zero-order valence-corrected chi connectivity index (χ0v) is 14.8. The molecule has 0 bridgehead atoms. The van der Waals surface area contributed by atoms with Crippen LogP contribution in [-0.2, 0) is 11.3 Å². The molecule has 1 aromatic carbocycles. The van der Waals surface area contributed by atoms with Gasteiger partial charge in [-0.3, -0.25) is 14.4 Å². The first kappa shape index (κ1) is 18.4. The molecule has 140 valence electrons. The lowest BCUT2D eigenvalue weighted by atomic mass is 10.2. The molecule has 0 spiro atoms. The van der Waals surface area contributed by atoms with Crippen molar-refractivity contribution in [3.8, 4) is 5.75 Å². The summed E-state index contributed by atoms with van der Waals surface area (Å²) >= 11 is 0. The summed E-state index contributed by atoms with van der Waals surface area (Å²) in [6, 6.07) is 5.66. The lowest BCUT2D eigenvalue weighted by molar-refractivity contribution is -0.118. The Hall–Kier alpha value is -3.42. The van der Waals surface area contributed by atoms with E-state index in [1.54, 1.807) is 26.0 Å². The third kappa shape index (κ3) is 3.59. The first-order chi connectivity index (χ1) is 12.8. The van der Waals surface area contributed by atoms with Gasteiger partial charge in [-0.1, -0.05) is 26.0 Å². The van der Waals surface area contributed by atoms with Gasteiger partial charge in [-0.05, 0) is 17.7 Å². The van der Waals surface area contributed by atoms with Crippen molar-refractivity contribution in [1.29, 1.82) is 0 Å². The number of pyridine rings is 1. The second-order valence-corrected chi connectivity index (χ2v) is 6.48. The summed E-state index contributed by atoms with van der Waals surface area (Å²) in [5.41, 5.74) is -1.05. The minimum atomic E-state index is -0.833. The fourth-order valence-electron chi connectivity index (χ4n) is 2.58. The van der Waals surface area contributed by atoms with Crippen molar-refractivity contribution in [2.75, 3.05) is 5.32 Å². The Kier molecular flexibility index (Phi) is 4.81. The van der Waals surface area contributed by atoms with Gasteiger partial charge >= 0.3 is 0 Å². The number of halogens is 1. The van der Waals surface area contributed by atoms with Gasteiger partial charge in [-0.15, -0.1) is 0 Å². The van der Waals surface area contributed by atoms with Crippen LogP contribution in [0.4, 0.5) is 10.1 Å². The Labute approximate surface area is 153 Å². The maximum atomic E-state index is 13.0. The van der Waals surface area contributed by atoms with E-state index >= 15 is 0 Å². The van der Waals surface area contributed by atoms with Crippen molar-refractivity contribution in [2.24, 2.45) is 5.92 Å². The van der Waals surface area contributed by atoms with Crippen molar-refractivity contribution in [3.63, 3.8) is 0 Å². The van der Waals surface area contributed by atoms with E-state index in [-0.39, 0.29) is 35.4 Å². The normalized spacial score (nSPS) is 11.1. The van der Waals surface area contributed by atoms with Crippen LogP contribution in [0.2, 0.25) is 0 Å². The Balaban J connectivity index is 2.07. The monoisotopic (exact) mass is 371 g/mol. The summed E-state index contributed by atoms with van der Waals surface area (Å²) < 4.78 is 15.6. The molecule has 0 unspecified atom stereocenters. The molecule has 3 aromatic rings. The summed E-state index contributed by atoms with van der Waals surface area (Å²) in [4.78, 5) is 36.9. The average molecular weight is 371 g/mol. The number of benzene rings is 1. The second kappa shape index (κ2) is 7.06. The predicted octanol–water partition coefficient (Wildman–Crippen LogP) is 1.95. The highest BCUT2D eigenvalue weighted by molar-refractivity contribution is 5.92. The zero-order valence-electron chi connectivity index (χ0n) is 14.8. The average Bonchev–Trinajstić information content (AvgIpc) is 2.63. The third-order valence-corrected chi connectivity index (χ3v) is 4.13. The number of anilines is 1. The quantitative estimate of drug-likeness (QED) is 0.733. The molecule has 0 aliphatic carbocycles. The van der Waals surface area contributed by atoms with Crippen molar-refractivity contribution in [1.82, 2.24) is 8.97 Å². The van der Waals surface area contributed by atoms with Crippen LogP contribution in [0.1, 0.15) is 19.4 Å². The van der Waals surface area contributed by atoms with E-state index in [9.17, 15) is 23.9 Å². The molecule has 0 saturated carbocycles. The van der Waals surface area contributed by atoms with Crippen molar-refractivity contribution in [3.05, 3.63) is 74.8 Å². The molecule has 0 aliphatic heterocycles. The van der Waals surface area contributed by atoms with Gasteiger partial charge in [-0.2, -0.15) is 0 Å². The number of aromatic hydroxyl groups is 1. The maximum Gasteiger partial charge on any atom is 0.279 e. The van der Waals surface area contributed by atoms with Crippen LogP contribution in [0.25, 0.3) is 5.52 Å². The molecule has 3 rings (SSSR count). The number of nitrogens with one attached hydrogen (secondary N) is 1. The number of carbonyl (C=O) groups is 1. The van der Waals surface area contributed by atoms with Crippen LogP contribution in [0.3, 0.4) is 0 Å². The highest BCUT2D eigenvalue weighted by atomic mass is 19.1. The molecule has 0 saturated heterocycles. The molecule has 0 radical (unpaired) electrons. The first-order valence-electron chi connectivity index (χ1n) is 8.30. The Bertz CT molecular complexity index is 1130. The highest BCUT2D eigenvalue weighted by Crippen LogP contribution is 2.15. The van der Waals surface area contributed by atoms with Crippen molar-refractivity contribution < 1.29 is 14.3 Å². The SMILES string of the molecule is CC(C)C(=O)Nc1cn2ccn(Cc3ccc(F)cc3)c(=O)c2c(O)c1=O. The van der Waals surface area contributed by atoms with Crippen LogP contribution in [0.5, 0.6) is 5.75 Å². The topological polar surface area (TPSA) is 92.8 Å². The Morgan fingerprint density at radius 1 is 1.19 bits per heavy atom. The highest BCUT2D eigenvalue weighted by Gasteiger charge is 2.17. The minimum absolute atomic E-state index is 0.112. The Morgan fingerprint density at radius 2 is 1.85 bits per heavy atom. The molecule has 0 fully saturated rings. The zero-order chi connectivity index (χ0) is 19.7. The molecule has 0 aliphatic rings. The number of rotatable bonds is 4. The van der Waals surface area contributed by atoms with E-state index in [0.717, 1.165) is 0 Å². The summed E-state index contributed by atoms with van der Waals surface area (Å²) in [5.74, 6) is -1.85. The van der Waals surface area contributed by atoms with Crippen LogP contribution in [-0.4, -0.2) is 20.0 Å². The summed E-state index contributed by atoms with van der Waals surface area (Å²) in [5, 5.41) is 12.7. The summed E-state index contributed by atoms with van der Waals surface area (Å²) in [7, 11) is 0. The lowest BCUT2D eigenvalue weighted by Gasteiger charge is -2.12.